The van der Waals surface area contributed by atoms with Gasteiger partial charge in [0.2, 0.25) is 10.0 Å². The van der Waals surface area contributed by atoms with E-state index in [0.717, 1.165) is 0 Å². The molecule has 1 aliphatic rings. The number of hydrogen-bond donors (Lipinski definition) is 3. The standard InChI is InChI=1S/C22H20Cl2F2N4O6S/c1-36-17-3-2-10(5-18(17)37(34,35)29-11-6-13(31)7-11)4-14-15(23)8-12(9-16(14)24)30-22(33)27-21(32)19(28-30)20(25)26/h2-3,5,8-9,11,13,20,29,31H,4,6-7H2,1H3,(H,27,32,33). The van der Waals surface area contributed by atoms with Gasteiger partial charge in [-0.05, 0) is 48.2 Å². The maximum Gasteiger partial charge on any atom is 0.349 e. The monoisotopic (exact) mass is 576 g/mol. The zero-order valence-electron chi connectivity index (χ0n) is 19.0. The fourth-order valence-electron chi connectivity index (χ4n) is 3.82. The molecule has 198 valence electrons. The molecule has 0 spiro atoms. The maximum absolute atomic E-state index is 13.1. The van der Waals surface area contributed by atoms with Crippen LogP contribution in [0.1, 0.15) is 36.1 Å². The number of halogens is 4. The molecule has 0 amide bonds. The Morgan fingerprint density at radius 1 is 1.22 bits per heavy atom. The van der Waals surface area contributed by atoms with E-state index in [1.165, 1.54) is 31.4 Å². The molecule has 1 aliphatic carbocycles. The van der Waals surface area contributed by atoms with Gasteiger partial charge in [0, 0.05) is 22.5 Å². The minimum atomic E-state index is -3.97. The molecule has 2 aromatic carbocycles. The van der Waals surface area contributed by atoms with Crippen LogP contribution in [0.15, 0.2) is 44.8 Å². The van der Waals surface area contributed by atoms with Crippen molar-refractivity contribution in [2.45, 2.75) is 42.7 Å². The Bertz CT molecular complexity index is 1550. The van der Waals surface area contributed by atoms with Crippen molar-refractivity contribution in [3.05, 3.63) is 78.0 Å². The third-order valence-electron chi connectivity index (χ3n) is 5.76. The molecule has 0 radical (unpaired) electrons. The molecule has 0 saturated heterocycles. The molecule has 0 bridgehead atoms. The summed E-state index contributed by atoms with van der Waals surface area (Å²) in [4.78, 5) is 25.4. The van der Waals surface area contributed by atoms with Crippen molar-refractivity contribution in [2.75, 3.05) is 7.11 Å². The van der Waals surface area contributed by atoms with Gasteiger partial charge in [-0.3, -0.25) is 9.78 Å². The van der Waals surface area contributed by atoms with Crippen molar-refractivity contribution in [1.82, 2.24) is 19.5 Å². The first-order valence-electron chi connectivity index (χ1n) is 10.8. The topological polar surface area (TPSA) is 143 Å². The Labute approximate surface area is 218 Å². The summed E-state index contributed by atoms with van der Waals surface area (Å²) in [7, 11) is -2.64. The van der Waals surface area contributed by atoms with Crippen LogP contribution in [0.2, 0.25) is 10.0 Å². The lowest BCUT2D eigenvalue weighted by Gasteiger charge is -2.31. The third-order valence-corrected chi connectivity index (χ3v) is 7.98. The van der Waals surface area contributed by atoms with Crippen LogP contribution >= 0.6 is 23.2 Å². The zero-order valence-corrected chi connectivity index (χ0v) is 21.4. The van der Waals surface area contributed by atoms with Crippen LogP contribution in [-0.2, 0) is 16.4 Å². The number of aliphatic hydroxyl groups excluding tert-OH is 1. The maximum atomic E-state index is 13.1. The predicted octanol–water partition coefficient (Wildman–Crippen LogP) is 2.57. The number of aromatic amines is 1. The van der Waals surface area contributed by atoms with Gasteiger partial charge >= 0.3 is 5.69 Å². The van der Waals surface area contributed by atoms with Crippen LogP contribution in [0.4, 0.5) is 8.78 Å². The lowest BCUT2D eigenvalue weighted by atomic mass is 9.91. The predicted molar refractivity (Wildman–Crippen MR) is 131 cm³/mol. The quantitative estimate of drug-likeness (QED) is 0.374. The fraction of sp³-hybridized carbons (Fsp3) is 0.318. The number of hydrogen-bond acceptors (Lipinski definition) is 7. The van der Waals surface area contributed by atoms with E-state index >= 15 is 0 Å². The van der Waals surface area contributed by atoms with E-state index in [0.29, 0.717) is 28.7 Å². The third kappa shape index (κ3) is 5.70. The second-order valence-corrected chi connectivity index (χ2v) is 10.8. The number of rotatable bonds is 8. The molecular formula is C22H20Cl2F2N4O6S. The molecule has 1 aromatic heterocycles. The van der Waals surface area contributed by atoms with Crippen LogP contribution < -0.4 is 20.7 Å². The summed E-state index contributed by atoms with van der Waals surface area (Å²) in [5.41, 5.74) is -2.71. The number of nitrogens with one attached hydrogen (secondary N) is 2. The molecular weight excluding hydrogens is 557 g/mol. The van der Waals surface area contributed by atoms with Gasteiger partial charge in [-0.15, -0.1) is 0 Å². The van der Waals surface area contributed by atoms with E-state index in [9.17, 15) is 31.9 Å². The molecule has 4 rings (SSSR count). The highest BCUT2D eigenvalue weighted by atomic mass is 35.5. The summed E-state index contributed by atoms with van der Waals surface area (Å²) in [6, 6.07) is 6.63. The number of aromatic nitrogens is 3. The van der Waals surface area contributed by atoms with E-state index in [1.807, 2.05) is 0 Å². The minimum absolute atomic E-state index is 0.0443. The second kappa shape index (κ2) is 10.5. The Morgan fingerprint density at radius 2 is 1.86 bits per heavy atom. The van der Waals surface area contributed by atoms with Crippen LogP contribution in [0.3, 0.4) is 0 Å². The Hall–Kier alpha value is -2.84. The fourth-order valence-corrected chi connectivity index (χ4v) is 5.91. The summed E-state index contributed by atoms with van der Waals surface area (Å²) in [6.07, 6.45) is -3.07. The number of methoxy groups -OCH3 is 1. The van der Waals surface area contributed by atoms with Gasteiger partial charge in [0.25, 0.3) is 12.0 Å². The smallest absolute Gasteiger partial charge is 0.349 e. The van der Waals surface area contributed by atoms with Crippen molar-refractivity contribution < 1.29 is 27.0 Å². The van der Waals surface area contributed by atoms with E-state index in [1.54, 1.807) is 11.1 Å². The van der Waals surface area contributed by atoms with Gasteiger partial charge in [-0.1, -0.05) is 29.3 Å². The van der Waals surface area contributed by atoms with E-state index in [4.69, 9.17) is 27.9 Å². The Balaban J connectivity index is 1.67. The van der Waals surface area contributed by atoms with Gasteiger partial charge in [0.1, 0.15) is 10.6 Å². The first kappa shape index (κ1) is 27.2. The molecule has 1 heterocycles. The zero-order chi connectivity index (χ0) is 27.1. The molecule has 3 N–H and O–H groups in total. The van der Waals surface area contributed by atoms with Crippen LogP contribution in [-0.4, -0.2) is 47.5 Å². The van der Waals surface area contributed by atoms with Crippen molar-refractivity contribution in [3.8, 4) is 11.4 Å². The number of nitrogens with zero attached hydrogens (tertiary/aromatic N) is 2. The molecule has 0 aliphatic heterocycles. The molecule has 3 aromatic rings. The van der Waals surface area contributed by atoms with Crippen molar-refractivity contribution in [2.24, 2.45) is 0 Å². The molecule has 1 saturated carbocycles. The van der Waals surface area contributed by atoms with Gasteiger partial charge in [0.15, 0.2) is 5.69 Å². The summed E-state index contributed by atoms with van der Waals surface area (Å²) in [5, 5.41) is 13.0. The number of aliphatic hydroxyl groups is 1. The highest BCUT2D eigenvalue weighted by Gasteiger charge is 2.32. The highest BCUT2D eigenvalue weighted by Crippen LogP contribution is 2.33. The SMILES string of the molecule is COc1ccc(Cc2c(Cl)cc(-n3nc(C(F)F)c(=O)[nH]c3=O)cc2Cl)cc1S(=O)(=O)NC1CC(O)C1. The highest BCUT2D eigenvalue weighted by molar-refractivity contribution is 7.89. The summed E-state index contributed by atoms with van der Waals surface area (Å²) in [6.45, 7) is 0. The molecule has 37 heavy (non-hydrogen) atoms. The first-order valence-corrected chi connectivity index (χ1v) is 13.0. The van der Waals surface area contributed by atoms with E-state index < -0.39 is 39.5 Å². The molecule has 10 nitrogen and oxygen atoms in total. The van der Waals surface area contributed by atoms with Crippen molar-refractivity contribution >= 4 is 33.2 Å². The van der Waals surface area contributed by atoms with Crippen LogP contribution in [0.25, 0.3) is 5.69 Å². The minimum Gasteiger partial charge on any atom is -0.495 e. The summed E-state index contributed by atoms with van der Waals surface area (Å²) < 4.78 is 60.4. The second-order valence-electron chi connectivity index (χ2n) is 8.35. The molecule has 15 heteroatoms. The summed E-state index contributed by atoms with van der Waals surface area (Å²) >= 11 is 12.8. The van der Waals surface area contributed by atoms with Crippen LogP contribution in [0, 0.1) is 0 Å². The largest absolute Gasteiger partial charge is 0.495 e. The van der Waals surface area contributed by atoms with E-state index in [2.05, 4.69) is 9.82 Å². The lowest BCUT2D eigenvalue weighted by molar-refractivity contribution is 0.0712. The summed E-state index contributed by atoms with van der Waals surface area (Å²) in [5.74, 6) is 0.113. The van der Waals surface area contributed by atoms with Gasteiger partial charge in [0.05, 0.1) is 18.9 Å². The van der Waals surface area contributed by atoms with Crippen molar-refractivity contribution in [1.29, 1.82) is 0 Å². The van der Waals surface area contributed by atoms with Gasteiger partial charge in [-0.2, -0.15) is 9.78 Å². The molecule has 1 fully saturated rings. The van der Waals surface area contributed by atoms with Gasteiger partial charge in [-0.25, -0.2) is 26.7 Å². The van der Waals surface area contributed by atoms with Gasteiger partial charge < -0.3 is 9.84 Å². The Kier molecular flexibility index (Phi) is 7.72. The Morgan fingerprint density at radius 3 is 2.43 bits per heavy atom. The lowest BCUT2D eigenvalue weighted by Crippen LogP contribution is -2.46. The average molecular weight is 577 g/mol. The van der Waals surface area contributed by atoms with Crippen LogP contribution in [0.5, 0.6) is 5.75 Å². The van der Waals surface area contributed by atoms with E-state index in [-0.39, 0.29) is 38.8 Å². The first-order chi connectivity index (χ1) is 17.4. The number of alkyl halides is 2. The average Bonchev–Trinajstić information content (AvgIpc) is 2.80. The molecule has 0 unspecified atom stereocenters. The number of H-pyrrole nitrogens is 1. The number of sulfonamides is 1. The number of benzene rings is 2. The van der Waals surface area contributed by atoms with Crippen molar-refractivity contribution in [3.63, 3.8) is 0 Å². The molecule has 0 atom stereocenters. The number of ether oxygens (including phenoxy) is 1. The normalized spacial score (nSPS) is 17.6.